The molecule has 1 amide bonds. The van der Waals surface area contributed by atoms with Gasteiger partial charge in [-0.15, -0.1) is 0 Å². The van der Waals surface area contributed by atoms with Crippen LogP contribution < -0.4 is 10.5 Å². The van der Waals surface area contributed by atoms with Crippen LogP contribution >= 0.6 is 11.6 Å². The highest BCUT2D eigenvalue weighted by Gasteiger charge is 2.49. The first-order valence-corrected chi connectivity index (χ1v) is 10.2. The number of hydrogen-bond donors (Lipinski definition) is 1. The van der Waals surface area contributed by atoms with Gasteiger partial charge in [-0.2, -0.15) is 0 Å². The van der Waals surface area contributed by atoms with Crippen LogP contribution in [0.4, 0.5) is 4.39 Å². The van der Waals surface area contributed by atoms with Gasteiger partial charge >= 0.3 is 0 Å². The maximum Gasteiger partial charge on any atom is 0.261 e. The van der Waals surface area contributed by atoms with Gasteiger partial charge in [0.15, 0.2) is 11.5 Å². The number of rotatable bonds is 1. The van der Waals surface area contributed by atoms with E-state index < -0.39 is 11.4 Å². The highest BCUT2D eigenvalue weighted by molar-refractivity contribution is 6.30. The molecular formula is C22H23ClFN3O3. The molecule has 158 valence electrons. The number of guanidine groups is 1. The highest BCUT2D eigenvalue weighted by atomic mass is 35.5. The van der Waals surface area contributed by atoms with Gasteiger partial charge in [-0.05, 0) is 54.3 Å². The fourth-order valence-corrected chi connectivity index (χ4v) is 4.08. The van der Waals surface area contributed by atoms with E-state index in [-0.39, 0.29) is 11.9 Å². The molecule has 2 N–H and O–H groups in total. The van der Waals surface area contributed by atoms with Crippen molar-refractivity contribution in [3.05, 3.63) is 52.8 Å². The molecular weight excluding hydrogens is 409 g/mol. The number of hydrogen-bond acceptors (Lipinski definition) is 5. The summed E-state index contributed by atoms with van der Waals surface area (Å²) in [6.07, 6.45) is 2.01. The molecule has 0 aliphatic carbocycles. The molecule has 2 aromatic carbocycles. The van der Waals surface area contributed by atoms with Crippen molar-refractivity contribution in [3.8, 4) is 16.9 Å². The van der Waals surface area contributed by atoms with E-state index in [2.05, 4.69) is 4.99 Å². The number of fused-ring (bicyclic) bond motifs is 2. The maximum absolute atomic E-state index is 13.9. The van der Waals surface area contributed by atoms with E-state index in [0.717, 1.165) is 12.8 Å². The van der Waals surface area contributed by atoms with Crippen molar-refractivity contribution < 1.29 is 18.7 Å². The molecule has 8 heteroatoms. The zero-order valence-electron chi connectivity index (χ0n) is 16.7. The van der Waals surface area contributed by atoms with Crippen molar-refractivity contribution in [3.63, 3.8) is 0 Å². The number of ether oxygens (including phenoxy) is 2. The lowest BCUT2D eigenvalue weighted by Crippen LogP contribution is -2.41. The molecule has 30 heavy (non-hydrogen) atoms. The molecule has 0 unspecified atom stereocenters. The molecule has 4 rings (SSSR count). The Morgan fingerprint density at radius 3 is 2.67 bits per heavy atom. The van der Waals surface area contributed by atoms with Crippen LogP contribution in [0, 0.1) is 5.82 Å². The van der Waals surface area contributed by atoms with E-state index in [4.69, 9.17) is 26.8 Å². The van der Waals surface area contributed by atoms with Crippen molar-refractivity contribution >= 4 is 23.5 Å². The first kappa shape index (κ1) is 20.6. The standard InChI is InChI=1S/C22H23ClFN3O3/c1-27-20(28)22(26-21(27)25)6-9-29-7-2-3-8-30-19-5-4-14(12-18(19)22)15-10-16(23)13-17(24)11-15/h4-5,10-13H,2-3,6-9H2,1H3,(H2,25,26)/t22-/m0/s1. The van der Waals surface area contributed by atoms with Crippen LogP contribution in [0.1, 0.15) is 24.8 Å². The Bertz CT molecular complexity index is 993. The molecule has 6 nitrogen and oxygen atoms in total. The lowest BCUT2D eigenvalue weighted by Gasteiger charge is -2.27. The Hall–Kier alpha value is -2.64. The monoisotopic (exact) mass is 431 g/mol. The quantitative estimate of drug-likeness (QED) is 0.746. The minimum absolute atomic E-state index is 0.139. The Morgan fingerprint density at radius 1 is 1.13 bits per heavy atom. The van der Waals surface area contributed by atoms with E-state index in [9.17, 15) is 9.18 Å². The Morgan fingerprint density at radius 2 is 1.93 bits per heavy atom. The first-order valence-electron chi connectivity index (χ1n) is 9.86. The van der Waals surface area contributed by atoms with Crippen molar-refractivity contribution in [1.29, 1.82) is 0 Å². The number of carbonyl (C=O) groups excluding carboxylic acids is 1. The number of aliphatic imine (C=N–C) groups is 1. The fourth-order valence-electron chi connectivity index (χ4n) is 3.86. The molecule has 2 aliphatic heterocycles. The third-order valence-corrected chi connectivity index (χ3v) is 5.70. The van der Waals surface area contributed by atoms with Gasteiger partial charge in [-0.3, -0.25) is 9.69 Å². The predicted octanol–water partition coefficient (Wildman–Crippen LogP) is 3.71. The summed E-state index contributed by atoms with van der Waals surface area (Å²) in [4.78, 5) is 19.2. The number of nitrogens with zero attached hydrogens (tertiary/aromatic N) is 2. The average molecular weight is 432 g/mol. The van der Waals surface area contributed by atoms with Crippen molar-refractivity contribution in [2.45, 2.75) is 24.8 Å². The van der Waals surface area contributed by atoms with E-state index in [1.165, 1.54) is 17.0 Å². The van der Waals surface area contributed by atoms with Crippen LogP contribution in [0.15, 0.2) is 41.4 Å². The number of carbonyl (C=O) groups is 1. The van der Waals surface area contributed by atoms with Gasteiger partial charge in [-0.1, -0.05) is 17.7 Å². The summed E-state index contributed by atoms with van der Waals surface area (Å²) >= 11 is 6.05. The van der Waals surface area contributed by atoms with Crippen LogP contribution in [0.3, 0.4) is 0 Å². The average Bonchev–Trinajstić information content (AvgIpc) is 2.91. The minimum atomic E-state index is -1.26. The number of benzene rings is 2. The van der Waals surface area contributed by atoms with Gasteiger partial charge in [0.05, 0.1) is 6.61 Å². The Kier molecular flexibility index (Phi) is 5.66. The van der Waals surface area contributed by atoms with Crippen molar-refractivity contribution in [2.24, 2.45) is 10.7 Å². The minimum Gasteiger partial charge on any atom is -0.493 e. The highest BCUT2D eigenvalue weighted by Crippen LogP contribution is 2.43. The number of amides is 1. The van der Waals surface area contributed by atoms with Crippen LogP contribution in [-0.2, 0) is 15.1 Å². The van der Waals surface area contributed by atoms with Crippen molar-refractivity contribution in [1.82, 2.24) is 4.90 Å². The van der Waals surface area contributed by atoms with Crippen LogP contribution in [-0.4, -0.2) is 43.6 Å². The maximum atomic E-state index is 13.9. The SMILES string of the molecule is CN1C(=O)[C@@]2(CCOCCCCOc3ccc(-c4cc(F)cc(Cl)c4)cc32)N=C1N. The Balaban J connectivity index is 1.89. The summed E-state index contributed by atoms with van der Waals surface area (Å²) in [5.41, 5.74) is 6.64. The number of halogens is 2. The largest absolute Gasteiger partial charge is 0.493 e. The smallest absolute Gasteiger partial charge is 0.261 e. The summed E-state index contributed by atoms with van der Waals surface area (Å²) in [5, 5.41) is 0.292. The van der Waals surface area contributed by atoms with Gasteiger partial charge in [-0.25, -0.2) is 9.38 Å². The van der Waals surface area contributed by atoms with Gasteiger partial charge in [0, 0.05) is 37.3 Å². The first-order chi connectivity index (χ1) is 14.4. The normalized spacial score (nSPS) is 22.3. The third kappa shape index (κ3) is 3.75. The van der Waals surface area contributed by atoms with Gasteiger partial charge < -0.3 is 15.2 Å². The molecule has 0 saturated carbocycles. The van der Waals surface area contributed by atoms with Gasteiger partial charge in [0.2, 0.25) is 0 Å². The zero-order valence-corrected chi connectivity index (χ0v) is 17.4. The zero-order chi connectivity index (χ0) is 21.3. The second kappa shape index (κ2) is 8.24. The van der Waals surface area contributed by atoms with Crippen molar-refractivity contribution in [2.75, 3.05) is 26.9 Å². The van der Waals surface area contributed by atoms with E-state index in [1.54, 1.807) is 19.2 Å². The molecule has 2 heterocycles. The molecule has 0 saturated heterocycles. The lowest BCUT2D eigenvalue weighted by atomic mass is 9.84. The second-order valence-corrected chi connectivity index (χ2v) is 7.92. The van der Waals surface area contributed by atoms with E-state index >= 15 is 0 Å². The fraction of sp³-hybridized carbons (Fsp3) is 0.364. The summed E-state index contributed by atoms with van der Waals surface area (Å²) < 4.78 is 25.7. The third-order valence-electron chi connectivity index (χ3n) is 5.48. The number of nitrogens with two attached hydrogens (primary N) is 1. The molecule has 1 atom stereocenters. The van der Waals surface area contributed by atoms with Crippen LogP contribution in [0.25, 0.3) is 11.1 Å². The van der Waals surface area contributed by atoms with E-state index in [0.29, 0.717) is 53.7 Å². The van der Waals surface area contributed by atoms with Gasteiger partial charge in [0.25, 0.3) is 5.91 Å². The topological polar surface area (TPSA) is 77.2 Å². The summed E-state index contributed by atoms with van der Waals surface area (Å²) in [5.74, 6) is 0.0119. The van der Waals surface area contributed by atoms with Gasteiger partial charge in [0.1, 0.15) is 11.6 Å². The summed E-state index contributed by atoms with van der Waals surface area (Å²) in [7, 11) is 1.60. The number of likely N-dealkylation sites (N-methyl/N-ethyl adjacent to an activating group) is 1. The molecule has 0 aromatic heterocycles. The summed E-state index contributed by atoms with van der Waals surface area (Å²) in [6.45, 7) is 1.43. The molecule has 1 spiro atoms. The van der Waals surface area contributed by atoms with Crippen LogP contribution in [0.2, 0.25) is 5.02 Å². The second-order valence-electron chi connectivity index (χ2n) is 7.48. The molecule has 2 aliphatic rings. The lowest BCUT2D eigenvalue weighted by molar-refractivity contribution is -0.131. The Labute approximate surface area is 179 Å². The predicted molar refractivity (Wildman–Crippen MR) is 113 cm³/mol. The molecule has 2 aromatic rings. The van der Waals surface area contributed by atoms with E-state index in [1.807, 2.05) is 12.1 Å². The molecule has 0 fully saturated rings. The molecule has 0 bridgehead atoms. The molecule has 0 radical (unpaired) electrons. The summed E-state index contributed by atoms with van der Waals surface area (Å²) in [6, 6.07) is 9.75. The van der Waals surface area contributed by atoms with Crippen LogP contribution in [0.5, 0.6) is 5.75 Å².